The lowest BCUT2D eigenvalue weighted by Gasteiger charge is -2.23. The summed E-state index contributed by atoms with van der Waals surface area (Å²) in [5.74, 6) is -3.25. The minimum atomic E-state index is -4.67. The maximum atomic E-state index is 12.8. The highest BCUT2D eigenvalue weighted by molar-refractivity contribution is 8.13. The van der Waals surface area contributed by atoms with E-state index in [-0.39, 0.29) is 6.42 Å². The molecule has 0 aromatic rings. The maximum absolute atomic E-state index is 12.8. The number of ketones is 1. The highest BCUT2D eigenvalue weighted by Crippen LogP contribution is 2.36. The number of thiol groups is 1. The van der Waals surface area contributed by atoms with E-state index in [0.29, 0.717) is 29.7 Å². The summed E-state index contributed by atoms with van der Waals surface area (Å²) < 4.78 is 38.5. The lowest BCUT2D eigenvalue weighted by molar-refractivity contribution is -0.188. The van der Waals surface area contributed by atoms with Crippen molar-refractivity contribution in [2.24, 2.45) is 11.8 Å². The van der Waals surface area contributed by atoms with Crippen molar-refractivity contribution in [2.45, 2.75) is 32.9 Å². The van der Waals surface area contributed by atoms with E-state index in [2.05, 4.69) is 12.6 Å². The molecule has 0 amide bonds. The summed E-state index contributed by atoms with van der Waals surface area (Å²) in [6, 6.07) is 0. The molecule has 0 spiro atoms. The van der Waals surface area contributed by atoms with Gasteiger partial charge in [0.05, 0.1) is 0 Å². The number of alkyl halides is 3. The summed E-state index contributed by atoms with van der Waals surface area (Å²) in [5, 5.41) is -0.974. The zero-order valence-corrected chi connectivity index (χ0v) is 12.0. The Bertz CT molecular complexity index is 293. The predicted octanol–water partition coefficient (Wildman–Crippen LogP) is 3.36. The molecule has 2 nitrogen and oxygen atoms in total. The Morgan fingerprint density at radius 1 is 1.33 bits per heavy atom. The third-order valence-corrected chi connectivity index (χ3v) is 3.86. The van der Waals surface area contributed by atoms with Gasteiger partial charge in [0.2, 0.25) is 5.12 Å². The fourth-order valence-electron chi connectivity index (χ4n) is 1.46. The first kappa shape index (κ1) is 17.8. The van der Waals surface area contributed by atoms with Crippen molar-refractivity contribution in [1.29, 1.82) is 0 Å². The number of Topliss-reactive ketones (excluding diaryl/α,β-unsaturated/α-hetero) is 1. The Morgan fingerprint density at radius 2 is 1.89 bits per heavy atom. The lowest BCUT2D eigenvalue weighted by atomic mass is 9.89. The zero-order chi connectivity index (χ0) is 14.3. The molecule has 0 radical (unpaired) electrons. The summed E-state index contributed by atoms with van der Waals surface area (Å²) in [6.45, 7) is 2.66. The number of hydrogen-bond acceptors (Lipinski definition) is 4. The van der Waals surface area contributed by atoms with E-state index in [1.807, 2.05) is 0 Å². The molecule has 0 aromatic heterocycles. The van der Waals surface area contributed by atoms with Crippen LogP contribution >= 0.6 is 24.4 Å². The number of halogens is 3. The van der Waals surface area contributed by atoms with Gasteiger partial charge in [0.25, 0.3) is 0 Å². The van der Waals surface area contributed by atoms with Gasteiger partial charge in [-0.2, -0.15) is 25.8 Å². The van der Waals surface area contributed by atoms with Crippen molar-refractivity contribution in [2.75, 3.05) is 11.5 Å². The van der Waals surface area contributed by atoms with Gasteiger partial charge in [-0.25, -0.2) is 0 Å². The fourth-order valence-corrected chi connectivity index (χ4v) is 2.84. The van der Waals surface area contributed by atoms with E-state index in [1.165, 1.54) is 13.8 Å². The molecule has 106 valence electrons. The van der Waals surface area contributed by atoms with Crippen LogP contribution in [0.25, 0.3) is 0 Å². The molecule has 0 heterocycles. The Labute approximate surface area is 114 Å². The van der Waals surface area contributed by atoms with Crippen LogP contribution in [0.4, 0.5) is 13.2 Å². The molecule has 0 aliphatic heterocycles. The van der Waals surface area contributed by atoms with Crippen molar-refractivity contribution in [1.82, 2.24) is 0 Å². The molecule has 2 unspecified atom stereocenters. The third-order valence-electron chi connectivity index (χ3n) is 2.51. The molecule has 0 aliphatic rings. The summed E-state index contributed by atoms with van der Waals surface area (Å²) in [6.07, 6.45) is -4.11. The monoisotopic (exact) mass is 302 g/mol. The van der Waals surface area contributed by atoms with Gasteiger partial charge in [-0.1, -0.05) is 25.6 Å². The van der Waals surface area contributed by atoms with E-state index < -0.39 is 28.9 Å². The number of rotatable bonds is 7. The van der Waals surface area contributed by atoms with Crippen LogP contribution in [0, 0.1) is 11.8 Å². The molecule has 0 saturated carbocycles. The number of thioether (sulfide) groups is 1. The second kappa shape index (κ2) is 8.09. The molecule has 0 N–H and O–H groups in total. The average molecular weight is 302 g/mol. The summed E-state index contributed by atoms with van der Waals surface area (Å²) >= 11 is 4.55. The molecule has 18 heavy (non-hydrogen) atoms. The van der Waals surface area contributed by atoms with Crippen LogP contribution in [0.3, 0.4) is 0 Å². The fraction of sp³-hybridized carbons (Fsp3) is 0.818. The van der Waals surface area contributed by atoms with Crippen LogP contribution in [-0.2, 0) is 9.59 Å². The van der Waals surface area contributed by atoms with E-state index in [0.717, 1.165) is 0 Å². The Hall–Kier alpha value is -0.170. The molecule has 2 atom stereocenters. The van der Waals surface area contributed by atoms with E-state index >= 15 is 0 Å². The van der Waals surface area contributed by atoms with Gasteiger partial charge < -0.3 is 0 Å². The average Bonchev–Trinajstić information content (AvgIpc) is 2.26. The van der Waals surface area contributed by atoms with Crippen molar-refractivity contribution in [3.63, 3.8) is 0 Å². The SMILES string of the molecule is CCC(=O)C(C)C(C(=O)SCCCS)C(F)(F)F. The van der Waals surface area contributed by atoms with Gasteiger partial charge in [0, 0.05) is 18.1 Å². The quantitative estimate of drug-likeness (QED) is 0.578. The molecule has 7 heteroatoms. The van der Waals surface area contributed by atoms with Crippen LogP contribution in [0.5, 0.6) is 0 Å². The van der Waals surface area contributed by atoms with Crippen LogP contribution in [0.15, 0.2) is 0 Å². The second-order valence-corrected chi connectivity index (χ2v) is 5.42. The Morgan fingerprint density at radius 3 is 2.28 bits per heavy atom. The zero-order valence-electron chi connectivity index (χ0n) is 10.3. The molecule has 0 saturated heterocycles. The van der Waals surface area contributed by atoms with Crippen molar-refractivity contribution < 1.29 is 22.8 Å². The standard InChI is InChI=1S/C11H17F3O2S2/c1-3-8(15)7(2)9(11(12,13)14)10(16)18-6-4-5-17/h7,9,17H,3-6H2,1-2H3. The smallest absolute Gasteiger partial charge is 0.299 e. The summed E-state index contributed by atoms with van der Waals surface area (Å²) in [4.78, 5) is 23.0. The van der Waals surface area contributed by atoms with E-state index in [4.69, 9.17) is 0 Å². The Kier molecular flexibility index (Phi) is 8.02. The molecule has 0 rings (SSSR count). The molecular weight excluding hydrogens is 285 g/mol. The van der Waals surface area contributed by atoms with E-state index in [9.17, 15) is 22.8 Å². The number of carbonyl (C=O) groups is 2. The highest BCUT2D eigenvalue weighted by Gasteiger charge is 2.49. The first-order valence-corrected chi connectivity index (χ1v) is 7.24. The minimum absolute atomic E-state index is 0.00231. The van der Waals surface area contributed by atoms with Crippen LogP contribution in [-0.4, -0.2) is 28.6 Å². The Balaban J connectivity index is 4.79. The molecule has 0 bridgehead atoms. The predicted molar refractivity (Wildman–Crippen MR) is 69.9 cm³/mol. The van der Waals surface area contributed by atoms with Crippen molar-refractivity contribution >= 4 is 35.3 Å². The highest BCUT2D eigenvalue weighted by atomic mass is 32.2. The topological polar surface area (TPSA) is 34.1 Å². The van der Waals surface area contributed by atoms with Crippen molar-refractivity contribution in [3.05, 3.63) is 0 Å². The first-order valence-electron chi connectivity index (χ1n) is 5.62. The summed E-state index contributed by atoms with van der Waals surface area (Å²) in [7, 11) is 0. The summed E-state index contributed by atoms with van der Waals surface area (Å²) in [5.41, 5.74) is 0. The maximum Gasteiger partial charge on any atom is 0.400 e. The molecular formula is C11H17F3O2S2. The normalized spacial score (nSPS) is 15.2. The van der Waals surface area contributed by atoms with Gasteiger partial charge in [-0.15, -0.1) is 0 Å². The first-order chi connectivity index (χ1) is 8.25. The van der Waals surface area contributed by atoms with E-state index in [1.54, 1.807) is 0 Å². The lowest BCUT2D eigenvalue weighted by Crippen LogP contribution is -2.38. The molecule has 0 fully saturated rings. The second-order valence-electron chi connectivity index (χ2n) is 3.87. The number of hydrogen-bond donors (Lipinski definition) is 1. The van der Waals surface area contributed by atoms with Gasteiger partial charge in [-0.3, -0.25) is 9.59 Å². The van der Waals surface area contributed by atoms with Gasteiger partial charge in [0.1, 0.15) is 11.7 Å². The molecule has 0 aliphatic carbocycles. The van der Waals surface area contributed by atoms with Gasteiger partial charge in [-0.05, 0) is 12.2 Å². The molecule has 0 aromatic carbocycles. The van der Waals surface area contributed by atoms with Gasteiger partial charge in [0.15, 0.2) is 0 Å². The van der Waals surface area contributed by atoms with Crippen LogP contribution in [0.1, 0.15) is 26.7 Å². The van der Waals surface area contributed by atoms with Crippen molar-refractivity contribution in [3.8, 4) is 0 Å². The van der Waals surface area contributed by atoms with Crippen LogP contribution in [0.2, 0.25) is 0 Å². The van der Waals surface area contributed by atoms with Crippen LogP contribution < -0.4 is 0 Å². The largest absolute Gasteiger partial charge is 0.400 e. The van der Waals surface area contributed by atoms with Gasteiger partial charge >= 0.3 is 6.18 Å². The minimum Gasteiger partial charge on any atom is -0.299 e. The number of carbonyl (C=O) groups excluding carboxylic acids is 2. The third kappa shape index (κ3) is 5.65.